The molecule has 4 N–H and O–H groups in total. The van der Waals surface area contributed by atoms with Crippen molar-refractivity contribution in [1.82, 2.24) is 4.57 Å². The molecule has 0 amide bonds. The first kappa shape index (κ1) is 13.6. The molecule has 0 aliphatic rings. The van der Waals surface area contributed by atoms with E-state index in [1.165, 1.54) is 0 Å². The zero-order valence-electron chi connectivity index (χ0n) is 10.9. The third kappa shape index (κ3) is 2.34. The number of fused-ring (bicyclic) bond motifs is 1. The summed E-state index contributed by atoms with van der Waals surface area (Å²) in [5.74, 6) is -0.945. The van der Waals surface area contributed by atoms with E-state index in [0.29, 0.717) is 30.6 Å². The van der Waals surface area contributed by atoms with Crippen LogP contribution in [0, 0.1) is 6.92 Å². The molecule has 0 aliphatic carbocycles. The summed E-state index contributed by atoms with van der Waals surface area (Å²) >= 11 is 0. The molecule has 0 saturated heterocycles. The van der Waals surface area contributed by atoms with E-state index in [2.05, 4.69) is 0 Å². The Kier molecular flexibility index (Phi) is 3.87. The smallest absolute Gasteiger partial charge is 0.338 e. The third-order valence-corrected chi connectivity index (χ3v) is 3.30. The molecule has 0 bridgehead atoms. The van der Waals surface area contributed by atoms with E-state index in [4.69, 9.17) is 10.8 Å². The van der Waals surface area contributed by atoms with Gasteiger partial charge in [-0.1, -0.05) is 12.1 Å². The quantitative estimate of drug-likeness (QED) is 0.754. The summed E-state index contributed by atoms with van der Waals surface area (Å²) in [6.07, 6.45) is 2.58. The molecule has 1 aromatic heterocycles. The summed E-state index contributed by atoms with van der Waals surface area (Å²) in [5.41, 5.74) is 8.30. The fraction of sp³-hybridized carbons (Fsp3) is 0.357. The molecule has 2 aromatic rings. The number of nitrogens with two attached hydrogens (primary N) is 1. The standard InChI is InChI=1S/C14H18N2O3/c1-9-2-3-11-10(4-5-15)8-16(6-7-17)13(11)12(9)14(18)19/h2-3,8,17H,4-7,15H2,1H3,(H,18,19). The molecule has 0 aliphatic heterocycles. The number of aromatic nitrogens is 1. The number of aromatic carboxylic acids is 1. The van der Waals surface area contributed by atoms with Gasteiger partial charge in [-0.2, -0.15) is 0 Å². The highest BCUT2D eigenvalue weighted by molar-refractivity contribution is 6.04. The lowest BCUT2D eigenvalue weighted by Crippen LogP contribution is -2.07. The van der Waals surface area contributed by atoms with E-state index in [1.807, 2.05) is 18.3 Å². The van der Waals surface area contributed by atoms with Crippen LogP contribution in [0.3, 0.4) is 0 Å². The van der Waals surface area contributed by atoms with Crippen LogP contribution in [0.4, 0.5) is 0 Å². The largest absolute Gasteiger partial charge is 0.478 e. The van der Waals surface area contributed by atoms with Gasteiger partial charge in [0.15, 0.2) is 0 Å². The van der Waals surface area contributed by atoms with Crippen molar-refractivity contribution in [2.75, 3.05) is 13.2 Å². The fourth-order valence-electron chi connectivity index (χ4n) is 2.48. The maximum absolute atomic E-state index is 11.5. The first-order valence-corrected chi connectivity index (χ1v) is 6.25. The van der Waals surface area contributed by atoms with Gasteiger partial charge >= 0.3 is 5.97 Å². The number of nitrogens with zero attached hydrogens (tertiary/aromatic N) is 1. The molecule has 0 fully saturated rings. The minimum absolute atomic E-state index is 0.0289. The third-order valence-electron chi connectivity index (χ3n) is 3.30. The van der Waals surface area contributed by atoms with E-state index in [-0.39, 0.29) is 6.61 Å². The van der Waals surface area contributed by atoms with Crippen molar-refractivity contribution in [3.8, 4) is 0 Å². The molecule has 1 aromatic carbocycles. The molecule has 102 valence electrons. The average Bonchev–Trinajstić information content (AvgIpc) is 2.68. The van der Waals surface area contributed by atoms with Crippen molar-refractivity contribution >= 4 is 16.9 Å². The van der Waals surface area contributed by atoms with Crippen molar-refractivity contribution in [3.63, 3.8) is 0 Å². The summed E-state index contributed by atoms with van der Waals surface area (Å²) in [4.78, 5) is 11.5. The molecule has 1 heterocycles. The summed E-state index contributed by atoms with van der Waals surface area (Å²) in [5, 5.41) is 19.4. The minimum atomic E-state index is -0.945. The highest BCUT2D eigenvalue weighted by Gasteiger charge is 2.18. The van der Waals surface area contributed by atoms with E-state index >= 15 is 0 Å². The van der Waals surface area contributed by atoms with Gasteiger partial charge in [-0.15, -0.1) is 0 Å². The van der Waals surface area contributed by atoms with Crippen LogP contribution in [-0.2, 0) is 13.0 Å². The molecule has 2 rings (SSSR count). The first-order valence-electron chi connectivity index (χ1n) is 6.25. The lowest BCUT2D eigenvalue weighted by molar-refractivity contribution is 0.0697. The topological polar surface area (TPSA) is 88.5 Å². The number of carbonyl (C=O) groups is 1. The summed E-state index contributed by atoms with van der Waals surface area (Å²) in [6, 6.07) is 3.74. The molecule has 0 unspecified atom stereocenters. The second-order valence-electron chi connectivity index (χ2n) is 4.57. The lowest BCUT2D eigenvalue weighted by atomic mass is 10.0. The van der Waals surface area contributed by atoms with E-state index < -0.39 is 5.97 Å². The van der Waals surface area contributed by atoms with Crippen LogP contribution in [-0.4, -0.2) is 33.9 Å². The van der Waals surface area contributed by atoms with Crippen LogP contribution in [0.2, 0.25) is 0 Å². The van der Waals surface area contributed by atoms with E-state index in [9.17, 15) is 9.90 Å². The second kappa shape index (κ2) is 5.42. The number of benzene rings is 1. The maximum Gasteiger partial charge on any atom is 0.338 e. The van der Waals surface area contributed by atoms with Gasteiger partial charge in [-0.05, 0) is 31.0 Å². The SMILES string of the molecule is Cc1ccc2c(CCN)cn(CCO)c2c1C(=O)O. The average molecular weight is 262 g/mol. The lowest BCUT2D eigenvalue weighted by Gasteiger charge is -2.08. The van der Waals surface area contributed by atoms with Crippen molar-refractivity contribution in [1.29, 1.82) is 0 Å². The Labute approximate surface area is 111 Å². The predicted molar refractivity (Wildman–Crippen MR) is 73.5 cm³/mol. The molecule has 19 heavy (non-hydrogen) atoms. The van der Waals surface area contributed by atoms with Crippen LogP contribution in [0.25, 0.3) is 10.9 Å². The van der Waals surface area contributed by atoms with Crippen LogP contribution >= 0.6 is 0 Å². The Bertz CT molecular complexity index is 617. The van der Waals surface area contributed by atoms with Crippen LogP contribution in [0.15, 0.2) is 18.3 Å². The number of carboxylic acids is 1. The summed E-state index contributed by atoms with van der Waals surface area (Å²) in [6.45, 7) is 2.64. The Hall–Kier alpha value is -1.85. The van der Waals surface area contributed by atoms with Gasteiger partial charge in [-0.25, -0.2) is 4.79 Å². The number of aliphatic hydroxyl groups excluding tert-OH is 1. The molecular formula is C14H18N2O3. The van der Waals surface area contributed by atoms with Crippen molar-refractivity contribution < 1.29 is 15.0 Å². The number of carboxylic acid groups (broad SMARTS) is 1. The van der Waals surface area contributed by atoms with Gasteiger partial charge < -0.3 is 20.5 Å². The fourth-order valence-corrected chi connectivity index (χ4v) is 2.48. The molecular weight excluding hydrogens is 244 g/mol. The second-order valence-corrected chi connectivity index (χ2v) is 4.57. The number of aryl methyl sites for hydroxylation is 1. The number of aliphatic hydroxyl groups is 1. The van der Waals surface area contributed by atoms with Crippen molar-refractivity contribution in [2.24, 2.45) is 5.73 Å². The Morgan fingerprint density at radius 3 is 2.74 bits per heavy atom. The van der Waals surface area contributed by atoms with Crippen LogP contribution in [0.1, 0.15) is 21.5 Å². The zero-order valence-corrected chi connectivity index (χ0v) is 10.9. The van der Waals surface area contributed by atoms with E-state index in [0.717, 1.165) is 16.5 Å². The Morgan fingerprint density at radius 2 is 2.16 bits per heavy atom. The number of hydrogen-bond donors (Lipinski definition) is 3. The zero-order chi connectivity index (χ0) is 14.0. The molecule has 5 heteroatoms. The summed E-state index contributed by atoms with van der Waals surface area (Å²) in [7, 11) is 0. The first-order chi connectivity index (χ1) is 9.10. The Balaban J connectivity index is 2.78. The van der Waals surface area contributed by atoms with Gasteiger partial charge in [0.25, 0.3) is 0 Å². The van der Waals surface area contributed by atoms with Gasteiger partial charge in [0.2, 0.25) is 0 Å². The minimum Gasteiger partial charge on any atom is -0.478 e. The van der Waals surface area contributed by atoms with Gasteiger partial charge in [0, 0.05) is 18.1 Å². The molecule has 0 radical (unpaired) electrons. The maximum atomic E-state index is 11.5. The van der Waals surface area contributed by atoms with Gasteiger partial charge in [-0.3, -0.25) is 0 Å². The van der Waals surface area contributed by atoms with Gasteiger partial charge in [0.1, 0.15) is 0 Å². The molecule has 0 atom stereocenters. The monoisotopic (exact) mass is 262 g/mol. The Morgan fingerprint density at radius 1 is 1.42 bits per heavy atom. The van der Waals surface area contributed by atoms with Crippen molar-refractivity contribution in [3.05, 3.63) is 35.0 Å². The van der Waals surface area contributed by atoms with Crippen molar-refractivity contribution in [2.45, 2.75) is 19.9 Å². The molecule has 5 nitrogen and oxygen atoms in total. The molecule has 0 saturated carbocycles. The summed E-state index contributed by atoms with van der Waals surface area (Å²) < 4.78 is 1.80. The highest BCUT2D eigenvalue weighted by Crippen LogP contribution is 2.27. The predicted octanol–water partition coefficient (Wildman–Crippen LogP) is 1.14. The molecule has 0 spiro atoms. The number of rotatable bonds is 5. The normalized spacial score (nSPS) is 11.1. The van der Waals surface area contributed by atoms with Crippen LogP contribution < -0.4 is 5.73 Å². The van der Waals surface area contributed by atoms with Gasteiger partial charge in [0.05, 0.1) is 17.7 Å². The van der Waals surface area contributed by atoms with Crippen LogP contribution in [0.5, 0.6) is 0 Å². The van der Waals surface area contributed by atoms with E-state index in [1.54, 1.807) is 11.5 Å². The number of hydrogen-bond acceptors (Lipinski definition) is 3. The highest BCUT2D eigenvalue weighted by atomic mass is 16.4.